The second kappa shape index (κ2) is 5.68. The van der Waals surface area contributed by atoms with Gasteiger partial charge in [0.05, 0.1) is 24.0 Å². The van der Waals surface area contributed by atoms with Crippen LogP contribution >= 0.6 is 22.9 Å². The van der Waals surface area contributed by atoms with E-state index < -0.39 is 0 Å². The fourth-order valence-electron chi connectivity index (χ4n) is 2.34. The van der Waals surface area contributed by atoms with Gasteiger partial charge in [0.25, 0.3) is 0 Å². The summed E-state index contributed by atoms with van der Waals surface area (Å²) in [5.41, 5.74) is 2.84. The van der Waals surface area contributed by atoms with Crippen LogP contribution in [0.5, 0.6) is 5.75 Å². The van der Waals surface area contributed by atoms with Crippen molar-refractivity contribution < 1.29 is 4.74 Å². The van der Waals surface area contributed by atoms with E-state index in [9.17, 15) is 0 Å². The largest absolute Gasteiger partial charge is 0.497 e. The lowest BCUT2D eigenvalue weighted by Crippen LogP contribution is -1.84. The van der Waals surface area contributed by atoms with Crippen LogP contribution in [-0.2, 0) is 0 Å². The van der Waals surface area contributed by atoms with E-state index >= 15 is 0 Å². The third-order valence-electron chi connectivity index (χ3n) is 3.53. The molecule has 0 bridgehead atoms. The number of methoxy groups -OCH3 is 1. The van der Waals surface area contributed by atoms with E-state index in [-0.39, 0.29) is 0 Å². The summed E-state index contributed by atoms with van der Waals surface area (Å²) in [6.07, 6.45) is 1.92. The highest BCUT2D eigenvalue weighted by molar-refractivity contribution is 7.19. The Morgan fingerprint density at radius 2 is 1.87 bits per heavy atom. The van der Waals surface area contributed by atoms with Crippen LogP contribution in [0.1, 0.15) is 0 Å². The summed E-state index contributed by atoms with van der Waals surface area (Å²) >= 11 is 7.75. The van der Waals surface area contributed by atoms with Crippen molar-refractivity contribution in [1.82, 2.24) is 14.6 Å². The first kappa shape index (κ1) is 14.2. The van der Waals surface area contributed by atoms with Crippen LogP contribution < -0.4 is 4.74 Å². The number of rotatable bonds is 3. The van der Waals surface area contributed by atoms with Crippen molar-refractivity contribution >= 4 is 27.9 Å². The molecule has 6 heteroatoms. The highest BCUT2D eigenvalue weighted by atomic mass is 35.5. The summed E-state index contributed by atoms with van der Waals surface area (Å²) in [6.45, 7) is 0. The van der Waals surface area contributed by atoms with Crippen LogP contribution in [0.15, 0.2) is 54.7 Å². The Morgan fingerprint density at radius 1 is 1.09 bits per heavy atom. The summed E-state index contributed by atoms with van der Waals surface area (Å²) in [5, 5.41) is 6.14. The number of hydrogen-bond donors (Lipinski definition) is 0. The van der Waals surface area contributed by atoms with Gasteiger partial charge in [0.1, 0.15) is 10.8 Å². The standard InChI is InChI=1S/C17H12ClN3OS/c1-22-12-8-6-11(7-9-12)15-10-21-17(19-15)23-16(20-21)13-4-2-3-5-14(13)18/h2-10H,1H3. The van der Waals surface area contributed by atoms with Crippen molar-refractivity contribution in [2.75, 3.05) is 7.11 Å². The van der Waals surface area contributed by atoms with Gasteiger partial charge < -0.3 is 4.74 Å². The average molecular weight is 342 g/mol. The van der Waals surface area contributed by atoms with E-state index in [2.05, 4.69) is 10.1 Å². The number of aromatic nitrogens is 3. The van der Waals surface area contributed by atoms with Gasteiger partial charge in [-0.25, -0.2) is 9.50 Å². The molecule has 4 rings (SSSR count). The Morgan fingerprint density at radius 3 is 2.57 bits per heavy atom. The van der Waals surface area contributed by atoms with Gasteiger partial charge >= 0.3 is 0 Å². The van der Waals surface area contributed by atoms with Crippen LogP contribution in [0.25, 0.3) is 26.8 Å². The molecule has 23 heavy (non-hydrogen) atoms. The van der Waals surface area contributed by atoms with E-state index in [0.29, 0.717) is 5.02 Å². The summed E-state index contributed by atoms with van der Waals surface area (Å²) in [7, 11) is 1.65. The molecule has 0 aliphatic carbocycles. The van der Waals surface area contributed by atoms with E-state index in [1.54, 1.807) is 11.6 Å². The number of halogens is 1. The first-order valence-electron chi connectivity index (χ1n) is 7.00. The zero-order valence-corrected chi connectivity index (χ0v) is 13.8. The number of benzene rings is 2. The Bertz CT molecular complexity index is 944. The second-order valence-corrected chi connectivity index (χ2v) is 6.33. The number of hydrogen-bond acceptors (Lipinski definition) is 4. The molecule has 0 unspecified atom stereocenters. The molecule has 2 heterocycles. The minimum Gasteiger partial charge on any atom is -0.497 e. The van der Waals surface area contributed by atoms with Crippen molar-refractivity contribution in [1.29, 1.82) is 0 Å². The number of imidazole rings is 1. The van der Waals surface area contributed by atoms with Crippen molar-refractivity contribution in [2.24, 2.45) is 0 Å². The Balaban J connectivity index is 1.73. The molecule has 0 fully saturated rings. The van der Waals surface area contributed by atoms with Gasteiger partial charge in [-0.1, -0.05) is 41.1 Å². The first-order valence-corrected chi connectivity index (χ1v) is 8.19. The minimum atomic E-state index is 0.694. The second-order valence-electron chi connectivity index (χ2n) is 4.97. The van der Waals surface area contributed by atoms with Crippen molar-refractivity contribution in [2.45, 2.75) is 0 Å². The molecule has 2 aromatic heterocycles. The van der Waals surface area contributed by atoms with Gasteiger partial charge in [0.15, 0.2) is 0 Å². The molecule has 0 aliphatic heterocycles. The summed E-state index contributed by atoms with van der Waals surface area (Å²) in [6, 6.07) is 15.5. The van der Waals surface area contributed by atoms with Crippen LogP contribution in [0, 0.1) is 0 Å². The zero-order valence-electron chi connectivity index (χ0n) is 12.2. The highest BCUT2D eigenvalue weighted by Crippen LogP contribution is 2.32. The third-order valence-corrected chi connectivity index (χ3v) is 4.82. The topological polar surface area (TPSA) is 39.4 Å². The van der Waals surface area contributed by atoms with E-state index in [0.717, 1.165) is 32.5 Å². The molecule has 0 aliphatic rings. The van der Waals surface area contributed by atoms with Gasteiger partial charge in [0.2, 0.25) is 4.96 Å². The van der Waals surface area contributed by atoms with Gasteiger partial charge in [-0.05, 0) is 30.3 Å². The molecular weight excluding hydrogens is 330 g/mol. The Labute approximate surface area is 141 Å². The van der Waals surface area contributed by atoms with Crippen LogP contribution in [0.2, 0.25) is 5.02 Å². The Kier molecular flexibility index (Phi) is 3.52. The highest BCUT2D eigenvalue weighted by Gasteiger charge is 2.12. The molecule has 0 atom stereocenters. The molecule has 114 valence electrons. The molecule has 4 aromatic rings. The molecule has 0 amide bonds. The van der Waals surface area contributed by atoms with Crippen LogP contribution in [-0.4, -0.2) is 21.7 Å². The molecule has 4 nitrogen and oxygen atoms in total. The van der Waals surface area contributed by atoms with Crippen LogP contribution in [0.3, 0.4) is 0 Å². The van der Waals surface area contributed by atoms with E-state index in [1.165, 1.54) is 11.3 Å². The fourth-order valence-corrected chi connectivity index (χ4v) is 3.55. The van der Waals surface area contributed by atoms with E-state index in [1.807, 2.05) is 54.7 Å². The molecule has 0 spiro atoms. The summed E-state index contributed by atoms with van der Waals surface area (Å²) in [4.78, 5) is 5.49. The SMILES string of the molecule is COc1ccc(-c2cn3nc(-c4ccccc4Cl)sc3n2)cc1. The van der Waals surface area contributed by atoms with Crippen molar-refractivity contribution in [3.8, 4) is 27.6 Å². The van der Waals surface area contributed by atoms with Crippen LogP contribution in [0.4, 0.5) is 0 Å². The minimum absolute atomic E-state index is 0.694. The lowest BCUT2D eigenvalue weighted by Gasteiger charge is -2.00. The molecule has 2 aromatic carbocycles. The van der Waals surface area contributed by atoms with Gasteiger partial charge in [-0.2, -0.15) is 5.10 Å². The predicted octanol–water partition coefficient (Wildman–Crippen LogP) is 4.79. The lowest BCUT2D eigenvalue weighted by molar-refractivity contribution is 0.415. The first-order chi connectivity index (χ1) is 11.2. The number of fused-ring (bicyclic) bond motifs is 1. The third kappa shape index (κ3) is 2.58. The zero-order chi connectivity index (χ0) is 15.8. The number of nitrogens with zero attached hydrogens (tertiary/aromatic N) is 3. The predicted molar refractivity (Wildman–Crippen MR) is 93.3 cm³/mol. The molecule has 0 N–H and O–H groups in total. The maximum atomic E-state index is 6.23. The van der Waals surface area contributed by atoms with E-state index in [4.69, 9.17) is 16.3 Å². The smallest absolute Gasteiger partial charge is 0.213 e. The van der Waals surface area contributed by atoms with Gasteiger partial charge in [-0.15, -0.1) is 0 Å². The quantitative estimate of drug-likeness (QED) is 0.538. The Hall–Kier alpha value is -2.37. The van der Waals surface area contributed by atoms with Crippen molar-refractivity contribution in [3.05, 3.63) is 59.8 Å². The fraction of sp³-hybridized carbons (Fsp3) is 0.0588. The van der Waals surface area contributed by atoms with Crippen molar-refractivity contribution in [3.63, 3.8) is 0 Å². The maximum Gasteiger partial charge on any atom is 0.213 e. The van der Waals surface area contributed by atoms with Gasteiger partial charge in [-0.3, -0.25) is 0 Å². The molecule has 0 saturated carbocycles. The summed E-state index contributed by atoms with van der Waals surface area (Å²) < 4.78 is 6.97. The molecule has 0 saturated heterocycles. The monoisotopic (exact) mass is 341 g/mol. The number of ether oxygens (including phenoxy) is 1. The molecular formula is C17H12ClN3OS. The van der Waals surface area contributed by atoms with Gasteiger partial charge in [0, 0.05) is 11.1 Å². The summed E-state index contributed by atoms with van der Waals surface area (Å²) in [5.74, 6) is 0.828. The average Bonchev–Trinajstić information content (AvgIpc) is 3.14. The molecule has 0 radical (unpaired) electrons. The lowest BCUT2D eigenvalue weighted by atomic mass is 10.2. The maximum absolute atomic E-state index is 6.23. The normalized spacial score (nSPS) is 11.0.